The van der Waals surface area contributed by atoms with Crippen LogP contribution in [0.3, 0.4) is 0 Å². The zero-order chi connectivity index (χ0) is 18.7. The summed E-state index contributed by atoms with van der Waals surface area (Å²) in [6.45, 7) is 0. The number of nitro benzene ring substituents is 1. The lowest BCUT2D eigenvalue weighted by Crippen LogP contribution is -1.99. The first-order valence-corrected chi connectivity index (χ1v) is 8.15. The first-order chi connectivity index (χ1) is 12.6. The van der Waals surface area contributed by atoms with Gasteiger partial charge < -0.3 is 0 Å². The first-order valence-electron chi connectivity index (χ1n) is 7.70. The fraction of sp³-hybridized carbons (Fsp3) is 0. The molecule has 0 amide bonds. The van der Waals surface area contributed by atoms with Crippen molar-refractivity contribution in [3.63, 3.8) is 0 Å². The summed E-state index contributed by atoms with van der Waals surface area (Å²) < 4.78 is 0. The van der Waals surface area contributed by atoms with Crippen molar-refractivity contribution in [2.75, 3.05) is 0 Å². The van der Waals surface area contributed by atoms with Gasteiger partial charge in [-0.3, -0.25) is 10.1 Å². The summed E-state index contributed by atoms with van der Waals surface area (Å²) in [6, 6.07) is 18.1. The summed E-state index contributed by atoms with van der Waals surface area (Å²) in [4.78, 5) is 11.5. The van der Waals surface area contributed by atoms with E-state index in [1.807, 2.05) is 54.6 Å². The van der Waals surface area contributed by atoms with Gasteiger partial charge in [-0.1, -0.05) is 54.3 Å². The molecule has 3 aromatic carbocycles. The molecule has 0 radical (unpaired) electrons. The molecule has 0 N–H and O–H groups in total. The Hall–Kier alpha value is -3.47. The Bertz CT molecular complexity index is 1070. The monoisotopic (exact) mass is 355 g/mol. The molecule has 0 unspecified atom stereocenters. The van der Waals surface area contributed by atoms with E-state index >= 15 is 0 Å². The largest absolute Gasteiger partial charge is 0.286 e. The van der Waals surface area contributed by atoms with Crippen LogP contribution in [0.25, 0.3) is 22.3 Å². The van der Waals surface area contributed by atoms with Gasteiger partial charge in [-0.15, -0.1) is 25.5 Å². The minimum Gasteiger partial charge on any atom is -0.258 e. The highest BCUT2D eigenvalue weighted by atomic mass is 32.1. The van der Waals surface area contributed by atoms with Crippen LogP contribution in [0.4, 0.5) is 5.69 Å². The maximum absolute atomic E-state index is 11.5. The van der Waals surface area contributed by atoms with Crippen molar-refractivity contribution in [3.8, 4) is 46.9 Å². The number of nitro groups is 1. The number of thiol groups is 1. The van der Waals surface area contributed by atoms with Crippen LogP contribution in [0, 0.1) is 34.8 Å². The van der Waals surface area contributed by atoms with E-state index < -0.39 is 4.92 Å². The predicted octanol–water partition coefficient (Wildman–Crippen LogP) is 5.18. The normalized spacial score (nSPS) is 9.96. The van der Waals surface area contributed by atoms with E-state index in [1.165, 1.54) is 6.07 Å². The van der Waals surface area contributed by atoms with E-state index in [-0.39, 0.29) is 11.3 Å². The van der Waals surface area contributed by atoms with Gasteiger partial charge in [-0.2, -0.15) is 0 Å². The molecule has 0 heterocycles. The van der Waals surface area contributed by atoms with Gasteiger partial charge in [0.1, 0.15) is 5.56 Å². The summed E-state index contributed by atoms with van der Waals surface area (Å²) >= 11 is 4.52. The smallest absolute Gasteiger partial charge is 0.258 e. The van der Waals surface area contributed by atoms with E-state index in [0.717, 1.165) is 22.3 Å². The molecule has 0 aliphatic rings. The molecule has 0 atom stereocenters. The van der Waals surface area contributed by atoms with Crippen LogP contribution in [0.5, 0.6) is 0 Å². The van der Waals surface area contributed by atoms with Crippen molar-refractivity contribution in [3.05, 3.63) is 81.9 Å². The second kappa shape index (κ2) is 7.19. The van der Waals surface area contributed by atoms with E-state index in [2.05, 4.69) is 24.5 Å². The lowest BCUT2D eigenvalue weighted by molar-refractivity contribution is -0.385. The van der Waals surface area contributed by atoms with Crippen LogP contribution in [-0.2, 0) is 0 Å². The average Bonchev–Trinajstić information content (AvgIpc) is 2.67. The summed E-state index contributed by atoms with van der Waals surface area (Å²) in [5.41, 5.74) is 3.81. The van der Waals surface area contributed by atoms with Crippen LogP contribution in [-0.4, -0.2) is 4.92 Å². The highest BCUT2D eigenvalue weighted by Crippen LogP contribution is 2.43. The zero-order valence-corrected chi connectivity index (χ0v) is 14.5. The molecule has 0 bridgehead atoms. The second-order valence-corrected chi connectivity index (χ2v) is 6.01. The third kappa shape index (κ3) is 3.07. The fourth-order valence-electron chi connectivity index (χ4n) is 2.86. The maximum Gasteiger partial charge on any atom is 0.286 e. The third-order valence-corrected chi connectivity index (χ3v) is 4.38. The molecule has 0 saturated carbocycles. The van der Waals surface area contributed by atoms with E-state index in [9.17, 15) is 10.1 Å². The summed E-state index contributed by atoms with van der Waals surface area (Å²) in [5.74, 6) is 5.07. The molecule has 3 nitrogen and oxygen atoms in total. The van der Waals surface area contributed by atoms with Crippen molar-refractivity contribution in [1.82, 2.24) is 0 Å². The standard InChI is InChI=1S/C22H13NO2S/c1-3-15-10-12-17(13-11-15)22-20(26)14-19(23(24)25)18(4-2)21(22)16-8-6-5-7-9-16/h1-2,5-14,26H. The molecule has 26 heavy (non-hydrogen) atoms. The summed E-state index contributed by atoms with van der Waals surface area (Å²) in [7, 11) is 0. The Morgan fingerprint density at radius 2 is 1.50 bits per heavy atom. The minimum atomic E-state index is -0.480. The Balaban J connectivity index is 2.42. The zero-order valence-electron chi connectivity index (χ0n) is 13.6. The van der Waals surface area contributed by atoms with Gasteiger partial charge in [0.05, 0.1) is 4.92 Å². The molecule has 0 fully saturated rings. The van der Waals surface area contributed by atoms with Crippen LogP contribution in [0.2, 0.25) is 0 Å². The molecule has 4 heteroatoms. The molecule has 0 saturated heterocycles. The average molecular weight is 355 g/mol. The molecule has 0 aromatic heterocycles. The topological polar surface area (TPSA) is 43.1 Å². The first kappa shape index (κ1) is 17.4. The fourth-order valence-corrected chi connectivity index (χ4v) is 3.23. The Labute approximate surface area is 157 Å². The Kier molecular flexibility index (Phi) is 4.80. The van der Waals surface area contributed by atoms with Crippen molar-refractivity contribution in [2.45, 2.75) is 4.90 Å². The minimum absolute atomic E-state index is 0.139. The highest BCUT2D eigenvalue weighted by molar-refractivity contribution is 7.80. The molecule has 0 spiro atoms. The van der Waals surface area contributed by atoms with Crippen molar-refractivity contribution in [1.29, 1.82) is 0 Å². The highest BCUT2D eigenvalue weighted by Gasteiger charge is 2.24. The lowest BCUT2D eigenvalue weighted by atomic mass is 9.89. The number of rotatable bonds is 3. The van der Waals surface area contributed by atoms with Crippen LogP contribution >= 0.6 is 12.6 Å². The van der Waals surface area contributed by atoms with Gasteiger partial charge in [0, 0.05) is 27.7 Å². The lowest BCUT2D eigenvalue weighted by Gasteiger charge is -2.16. The van der Waals surface area contributed by atoms with Crippen LogP contribution < -0.4 is 0 Å². The molecule has 0 aliphatic carbocycles. The van der Waals surface area contributed by atoms with E-state index in [1.54, 1.807) is 0 Å². The van der Waals surface area contributed by atoms with Gasteiger partial charge in [0.2, 0.25) is 0 Å². The number of terminal acetylenes is 2. The molecule has 0 aliphatic heterocycles. The summed E-state index contributed by atoms with van der Waals surface area (Å²) in [5, 5.41) is 11.5. The summed E-state index contributed by atoms with van der Waals surface area (Å²) in [6.07, 6.45) is 11.1. The predicted molar refractivity (Wildman–Crippen MR) is 107 cm³/mol. The molecule has 3 rings (SSSR count). The van der Waals surface area contributed by atoms with Crippen molar-refractivity contribution >= 4 is 18.3 Å². The van der Waals surface area contributed by atoms with Crippen LogP contribution in [0.1, 0.15) is 11.1 Å². The molecular formula is C22H13NO2S. The van der Waals surface area contributed by atoms with Gasteiger partial charge in [-0.25, -0.2) is 0 Å². The number of hydrogen-bond acceptors (Lipinski definition) is 3. The number of nitrogens with zero attached hydrogens (tertiary/aromatic N) is 1. The quantitative estimate of drug-likeness (QED) is 0.304. The van der Waals surface area contributed by atoms with Crippen molar-refractivity contribution in [2.24, 2.45) is 0 Å². The molecule has 3 aromatic rings. The van der Waals surface area contributed by atoms with Gasteiger partial charge >= 0.3 is 0 Å². The molecule has 124 valence electrons. The van der Waals surface area contributed by atoms with Gasteiger partial charge in [-0.05, 0) is 23.3 Å². The SMILES string of the molecule is C#Cc1ccc(-c2c(S)cc([N+](=O)[O-])c(C#C)c2-c2ccccc2)cc1. The Morgan fingerprint density at radius 1 is 0.885 bits per heavy atom. The van der Waals surface area contributed by atoms with Crippen LogP contribution in [0.15, 0.2) is 65.6 Å². The Morgan fingerprint density at radius 3 is 2.04 bits per heavy atom. The third-order valence-electron chi connectivity index (χ3n) is 4.03. The van der Waals surface area contributed by atoms with Gasteiger partial charge in [0.25, 0.3) is 5.69 Å². The van der Waals surface area contributed by atoms with Gasteiger partial charge in [0.15, 0.2) is 0 Å². The number of hydrogen-bond donors (Lipinski definition) is 1. The van der Waals surface area contributed by atoms with E-state index in [4.69, 9.17) is 12.8 Å². The van der Waals surface area contributed by atoms with E-state index in [0.29, 0.717) is 10.5 Å². The maximum atomic E-state index is 11.5. The second-order valence-electron chi connectivity index (χ2n) is 5.53. The molecular weight excluding hydrogens is 342 g/mol. The number of benzene rings is 3. The van der Waals surface area contributed by atoms with Crippen molar-refractivity contribution < 1.29 is 4.92 Å².